The molecule has 150 valence electrons. The van der Waals surface area contributed by atoms with Gasteiger partial charge >= 0.3 is 0 Å². The molecule has 2 atom stereocenters. The highest BCUT2D eigenvalue weighted by Gasteiger charge is 2.50. The Morgan fingerprint density at radius 1 is 0.931 bits per heavy atom. The van der Waals surface area contributed by atoms with Gasteiger partial charge in [-0.15, -0.1) is 0 Å². The van der Waals surface area contributed by atoms with Gasteiger partial charge in [-0.3, -0.25) is 4.31 Å². The number of rotatable bonds is 3. The number of para-hydroxylation sites is 1. The van der Waals surface area contributed by atoms with Crippen LogP contribution in [0.25, 0.3) is 0 Å². The molecule has 2 aliphatic carbocycles. The number of benzene rings is 2. The van der Waals surface area contributed by atoms with E-state index >= 15 is 0 Å². The average Bonchev–Trinajstić information content (AvgIpc) is 3.28. The SMILES string of the molecule is C[Si](C)(C)C1=C2CCCC2=C[C@H]2[C@@H]1c1ccccc1N2S(=O)(=O)c1ccccc1. The Hall–Kier alpha value is -2.11. The lowest BCUT2D eigenvalue weighted by Gasteiger charge is -2.38. The maximum atomic E-state index is 13.8. The van der Waals surface area contributed by atoms with Gasteiger partial charge in [-0.05, 0) is 54.2 Å². The first kappa shape index (κ1) is 18.9. The average molecular weight is 422 g/mol. The second-order valence-electron chi connectivity index (χ2n) is 9.33. The Labute approximate surface area is 174 Å². The number of hydrogen-bond donors (Lipinski definition) is 0. The monoisotopic (exact) mass is 421 g/mol. The van der Waals surface area contributed by atoms with Crippen LogP contribution >= 0.6 is 0 Å². The van der Waals surface area contributed by atoms with Crippen LogP contribution in [-0.4, -0.2) is 22.5 Å². The molecule has 5 rings (SSSR count). The number of anilines is 1. The van der Waals surface area contributed by atoms with Crippen molar-refractivity contribution in [2.24, 2.45) is 0 Å². The van der Waals surface area contributed by atoms with Crippen molar-refractivity contribution in [1.82, 2.24) is 0 Å². The quantitative estimate of drug-likeness (QED) is 0.601. The summed E-state index contributed by atoms with van der Waals surface area (Å²) in [7, 11) is -5.29. The van der Waals surface area contributed by atoms with E-state index in [2.05, 4.69) is 37.8 Å². The van der Waals surface area contributed by atoms with Crippen LogP contribution in [0.2, 0.25) is 19.6 Å². The molecule has 0 aromatic heterocycles. The van der Waals surface area contributed by atoms with Gasteiger partial charge in [-0.25, -0.2) is 8.42 Å². The lowest BCUT2D eigenvalue weighted by Crippen LogP contribution is -2.43. The molecular weight excluding hydrogens is 394 g/mol. The predicted molar refractivity (Wildman–Crippen MR) is 121 cm³/mol. The number of nitrogens with zero attached hydrogens (tertiary/aromatic N) is 1. The van der Waals surface area contributed by atoms with Crippen LogP contribution in [0, 0.1) is 0 Å². The van der Waals surface area contributed by atoms with Gasteiger partial charge < -0.3 is 0 Å². The summed E-state index contributed by atoms with van der Waals surface area (Å²) in [5.74, 6) is 0.146. The highest BCUT2D eigenvalue weighted by atomic mass is 32.2. The summed E-state index contributed by atoms with van der Waals surface area (Å²) in [6, 6.07) is 16.8. The number of hydrogen-bond acceptors (Lipinski definition) is 2. The zero-order chi connectivity index (χ0) is 20.4. The molecule has 5 heteroatoms. The van der Waals surface area contributed by atoms with Crippen LogP contribution in [0.1, 0.15) is 30.7 Å². The third-order valence-electron chi connectivity index (χ3n) is 6.50. The minimum Gasteiger partial charge on any atom is -0.258 e. The fraction of sp³-hybridized carbons (Fsp3) is 0.333. The van der Waals surface area contributed by atoms with E-state index in [4.69, 9.17) is 0 Å². The van der Waals surface area contributed by atoms with Crippen LogP contribution in [0.15, 0.2) is 81.9 Å². The molecule has 1 aliphatic heterocycles. The lowest BCUT2D eigenvalue weighted by atomic mass is 9.85. The van der Waals surface area contributed by atoms with E-state index in [1.807, 2.05) is 18.2 Å². The topological polar surface area (TPSA) is 37.4 Å². The third kappa shape index (κ3) is 2.78. The first-order valence-electron chi connectivity index (χ1n) is 10.4. The van der Waals surface area contributed by atoms with Crippen molar-refractivity contribution in [3.8, 4) is 0 Å². The minimum absolute atomic E-state index is 0.146. The Bertz CT molecular complexity index is 1140. The van der Waals surface area contributed by atoms with Gasteiger partial charge in [0.25, 0.3) is 10.0 Å². The van der Waals surface area contributed by atoms with E-state index in [0.29, 0.717) is 4.90 Å². The highest BCUT2D eigenvalue weighted by molar-refractivity contribution is 7.93. The van der Waals surface area contributed by atoms with Crippen LogP contribution in [-0.2, 0) is 10.0 Å². The molecule has 1 fully saturated rings. The Morgan fingerprint density at radius 3 is 2.34 bits per heavy atom. The Balaban J connectivity index is 1.76. The van der Waals surface area contributed by atoms with E-state index in [9.17, 15) is 8.42 Å². The van der Waals surface area contributed by atoms with E-state index in [1.54, 1.807) is 39.3 Å². The van der Waals surface area contributed by atoms with Crippen molar-refractivity contribution in [2.75, 3.05) is 4.31 Å². The normalized spacial score (nSPS) is 23.6. The molecule has 3 aliphatic rings. The number of allylic oxidation sites excluding steroid dienone is 2. The molecule has 0 radical (unpaired) electrons. The summed E-state index contributed by atoms with van der Waals surface area (Å²) in [5, 5.41) is 1.57. The standard InChI is InChI=1S/C24H27NO2SSi/c1-29(2,3)24-19-14-9-10-17(19)16-22-23(24)20-13-7-8-15-21(20)25(22)28(26,27)18-11-5-4-6-12-18/h4-8,11-13,15-16,22-23H,9-10,14H2,1-3H3/t22-,23-/m0/s1. The molecular formula is C24H27NO2SSi. The van der Waals surface area contributed by atoms with Crippen LogP contribution in [0.4, 0.5) is 5.69 Å². The van der Waals surface area contributed by atoms with Gasteiger partial charge in [0.1, 0.15) is 0 Å². The largest absolute Gasteiger partial charge is 0.264 e. The molecule has 0 saturated heterocycles. The van der Waals surface area contributed by atoms with Gasteiger partial charge in [-0.2, -0.15) is 0 Å². The summed E-state index contributed by atoms with van der Waals surface area (Å²) in [6.45, 7) is 7.22. The molecule has 0 unspecified atom stereocenters. The summed E-state index contributed by atoms with van der Waals surface area (Å²) >= 11 is 0. The molecule has 3 nitrogen and oxygen atoms in total. The number of sulfonamides is 1. The van der Waals surface area contributed by atoms with E-state index in [0.717, 1.165) is 18.5 Å². The van der Waals surface area contributed by atoms with Gasteiger partial charge in [0.2, 0.25) is 0 Å². The summed E-state index contributed by atoms with van der Waals surface area (Å²) in [4.78, 5) is 0.365. The molecule has 2 aromatic rings. The minimum atomic E-state index is -3.64. The van der Waals surface area contributed by atoms with Crippen LogP contribution < -0.4 is 4.31 Å². The summed E-state index contributed by atoms with van der Waals surface area (Å²) < 4.78 is 29.3. The van der Waals surface area contributed by atoms with Gasteiger partial charge in [0, 0.05) is 5.92 Å². The van der Waals surface area contributed by atoms with E-state index in [1.165, 1.54) is 17.6 Å². The second-order valence-corrected chi connectivity index (χ2v) is 16.2. The lowest BCUT2D eigenvalue weighted by molar-refractivity contribution is 0.583. The van der Waals surface area contributed by atoms with Crippen molar-refractivity contribution >= 4 is 23.8 Å². The second kappa shape index (κ2) is 6.44. The van der Waals surface area contributed by atoms with Crippen molar-refractivity contribution < 1.29 is 8.42 Å². The van der Waals surface area contributed by atoms with Crippen molar-refractivity contribution in [2.45, 2.75) is 55.8 Å². The maximum absolute atomic E-state index is 13.8. The van der Waals surface area contributed by atoms with Crippen molar-refractivity contribution in [3.05, 3.63) is 82.6 Å². The first-order chi connectivity index (χ1) is 13.8. The Kier molecular flexibility index (Phi) is 4.20. The molecule has 0 spiro atoms. The predicted octanol–water partition coefficient (Wildman–Crippen LogP) is 5.65. The molecule has 1 saturated carbocycles. The van der Waals surface area contributed by atoms with Crippen molar-refractivity contribution in [3.63, 3.8) is 0 Å². The van der Waals surface area contributed by atoms with Gasteiger partial charge in [0.15, 0.2) is 0 Å². The molecule has 0 bridgehead atoms. The molecule has 29 heavy (non-hydrogen) atoms. The fourth-order valence-electron chi connectivity index (χ4n) is 5.49. The van der Waals surface area contributed by atoms with Crippen LogP contribution in [0.5, 0.6) is 0 Å². The maximum Gasteiger partial charge on any atom is 0.264 e. The fourth-order valence-corrected chi connectivity index (χ4v) is 9.60. The highest BCUT2D eigenvalue weighted by Crippen LogP contribution is 2.55. The summed E-state index contributed by atoms with van der Waals surface area (Å²) in [5.41, 5.74) is 4.95. The Morgan fingerprint density at radius 2 is 1.62 bits per heavy atom. The van der Waals surface area contributed by atoms with Gasteiger partial charge in [-0.1, -0.05) is 67.3 Å². The first-order valence-corrected chi connectivity index (χ1v) is 15.4. The van der Waals surface area contributed by atoms with Crippen molar-refractivity contribution in [1.29, 1.82) is 0 Å². The zero-order valence-corrected chi connectivity index (χ0v) is 19.0. The molecule has 0 amide bonds. The number of fused-ring (bicyclic) bond motifs is 4. The zero-order valence-electron chi connectivity index (χ0n) is 17.2. The van der Waals surface area contributed by atoms with E-state index < -0.39 is 18.1 Å². The smallest absolute Gasteiger partial charge is 0.258 e. The third-order valence-corrected chi connectivity index (χ3v) is 10.6. The van der Waals surface area contributed by atoms with Crippen LogP contribution in [0.3, 0.4) is 0 Å². The summed E-state index contributed by atoms with van der Waals surface area (Å²) in [6.07, 6.45) is 5.67. The van der Waals surface area contributed by atoms with Gasteiger partial charge in [0.05, 0.1) is 24.7 Å². The van der Waals surface area contributed by atoms with E-state index in [-0.39, 0.29) is 12.0 Å². The molecule has 2 aromatic carbocycles. The molecule has 1 heterocycles. The molecule has 0 N–H and O–H groups in total.